The standard InChI is InChI=1S/C13H20N2O4S/c1-9-11(12(16)17)7-10(19-9)8-15-13(18)14-5-3-4-6-20-2/h7H,3-6,8H2,1-2H3,(H,16,17)(H2,14,15,18). The van der Waals surface area contributed by atoms with Crippen LogP contribution in [0.2, 0.25) is 0 Å². The molecule has 7 heteroatoms. The minimum Gasteiger partial charge on any atom is -0.478 e. The highest BCUT2D eigenvalue weighted by atomic mass is 32.2. The van der Waals surface area contributed by atoms with Crippen molar-refractivity contribution in [1.82, 2.24) is 10.6 Å². The van der Waals surface area contributed by atoms with E-state index in [0.717, 1.165) is 18.6 Å². The van der Waals surface area contributed by atoms with Crippen LogP contribution in [0.15, 0.2) is 10.5 Å². The van der Waals surface area contributed by atoms with E-state index in [4.69, 9.17) is 9.52 Å². The van der Waals surface area contributed by atoms with Crippen molar-refractivity contribution >= 4 is 23.8 Å². The smallest absolute Gasteiger partial charge is 0.339 e. The molecule has 1 rings (SSSR count). The highest BCUT2D eigenvalue weighted by molar-refractivity contribution is 7.98. The van der Waals surface area contributed by atoms with E-state index >= 15 is 0 Å². The second-order valence-electron chi connectivity index (χ2n) is 4.30. The fraction of sp³-hybridized carbons (Fsp3) is 0.538. The molecule has 6 nitrogen and oxygen atoms in total. The number of hydrogen-bond donors (Lipinski definition) is 3. The maximum absolute atomic E-state index is 11.5. The zero-order valence-corrected chi connectivity index (χ0v) is 12.5. The van der Waals surface area contributed by atoms with Gasteiger partial charge in [0.25, 0.3) is 0 Å². The van der Waals surface area contributed by atoms with Gasteiger partial charge < -0.3 is 20.2 Å². The van der Waals surface area contributed by atoms with Gasteiger partial charge in [-0.3, -0.25) is 0 Å². The molecule has 0 saturated heterocycles. The van der Waals surface area contributed by atoms with Crippen molar-refractivity contribution in [2.24, 2.45) is 0 Å². The molecule has 0 aromatic carbocycles. The number of furan rings is 1. The lowest BCUT2D eigenvalue weighted by Gasteiger charge is -2.05. The molecule has 20 heavy (non-hydrogen) atoms. The minimum absolute atomic E-state index is 0.124. The molecule has 1 aromatic rings. The lowest BCUT2D eigenvalue weighted by Crippen LogP contribution is -2.35. The number of carboxylic acid groups (broad SMARTS) is 1. The predicted molar refractivity (Wildman–Crippen MR) is 78.3 cm³/mol. The van der Waals surface area contributed by atoms with E-state index in [1.54, 1.807) is 18.7 Å². The molecule has 0 fully saturated rings. The van der Waals surface area contributed by atoms with Crippen LogP contribution in [0.3, 0.4) is 0 Å². The summed E-state index contributed by atoms with van der Waals surface area (Å²) < 4.78 is 5.26. The summed E-state index contributed by atoms with van der Waals surface area (Å²) in [5.41, 5.74) is 0.124. The third-order valence-electron chi connectivity index (χ3n) is 2.68. The summed E-state index contributed by atoms with van der Waals surface area (Å²) in [5, 5.41) is 14.2. The van der Waals surface area contributed by atoms with Crippen molar-refractivity contribution in [3.05, 3.63) is 23.2 Å². The Balaban J connectivity index is 2.27. The van der Waals surface area contributed by atoms with Crippen LogP contribution >= 0.6 is 11.8 Å². The fourth-order valence-electron chi connectivity index (χ4n) is 1.65. The van der Waals surface area contributed by atoms with Crippen LogP contribution in [0.4, 0.5) is 4.79 Å². The molecule has 0 aliphatic carbocycles. The lowest BCUT2D eigenvalue weighted by atomic mass is 10.2. The molecular weight excluding hydrogens is 280 g/mol. The largest absolute Gasteiger partial charge is 0.478 e. The van der Waals surface area contributed by atoms with Gasteiger partial charge in [-0.1, -0.05) is 0 Å². The number of nitrogens with one attached hydrogen (secondary N) is 2. The van der Waals surface area contributed by atoms with Gasteiger partial charge in [0.1, 0.15) is 17.1 Å². The topological polar surface area (TPSA) is 91.6 Å². The highest BCUT2D eigenvalue weighted by Gasteiger charge is 2.13. The Bertz CT molecular complexity index is 459. The van der Waals surface area contributed by atoms with Crippen molar-refractivity contribution in [2.75, 3.05) is 18.6 Å². The van der Waals surface area contributed by atoms with Crippen molar-refractivity contribution in [3.8, 4) is 0 Å². The first kappa shape index (κ1) is 16.4. The Morgan fingerprint density at radius 2 is 2.10 bits per heavy atom. The molecular formula is C13H20N2O4S. The summed E-state index contributed by atoms with van der Waals surface area (Å²) in [5.74, 6) is 0.826. The molecule has 0 atom stereocenters. The number of hydrogen-bond acceptors (Lipinski definition) is 4. The van der Waals surface area contributed by atoms with Gasteiger partial charge >= 0.3 is 12.0 Å². The van der Waals surface area contributed by atoms with Gasteiger partial charge in [-0.05, 0) is 37.8 Å². The molecule has 0 unspecified atom stereocenters. The van der Waals surface area contributed by atoms with Crippen molar-refractivity contribution in [2.45, 2.75) is 26.3 Å². The molecule has 0 radical (unpaired) electrons. The number of rotatable bonds is 8. The number of aryl methyl sites for hydroxylation is 1. The molecule has 0 spiro atoms. The van der Waals surface area contributed by atoms with E-state index in [0.29, 0.717) is 18.1 Å². The van der Waals surface area contributed by atoms with Gasteiger partial charge in [-0.2, -0.15) is 11.8 Å². The number of carbonyl (C=O) groups excluding carboxylic acids is 1. The van der Waals surface area contributed by atoms with E-state index in [2.05, 4.69) is 16.9 Å². The number of thioether (sulfide) groups is 1. The summed E-state index contributed by atoms with van der Waals surface area (Å²) in [7, 11) is 0. The number of unbranched alkanes of at least 4 members (excludes halogenated alkanes) is 1. The third kappa shape index (κ3) is 5.56. The molecule has 0 aliphatic heterocycles. The quantitative estimate of drug-likeness (QED) is 0.640. The van der Waals surface area contributed by atoms with Crippen molar-refractivity contribution in [1.29, 1.82) is 0 Å². The molecule has 2 amide bonds. The normalized spacial score (nSPS) is 10.3. The van der Waals surface area contributed by atoms with Crippen LogP contribution in [-0.4, -0.2) is 35.7 Å². The van der Waals surface area contributed by atoms with Crippen LogP contribution in [0, 0.1) is 6.92 Å². The minimum atomic E-state index is -1.03. The van der Waals surface area contributed by atoms with Gasteiger partial charge in [-0.25, -0.2) is 9.59 Å². The molecule has 1 aromatic heterocycles. The second kappa shape index (κ2) is 8.52. The van der Waals surface area contributed by atoms with E-state index in [1.165, 1.54) is 6.07 Å². The van der Waals surface area contributed by atoms with E-state index in [1.807, 2.05) is 0 Å². The predicted octanol–water partition coefficient (Wildman–Crippen LogP) is 2.23. The zero-order valence-electron chi connectivity index (χ0n) is 11.7. The summed E-state index contributed by atoms with van der Waals surface area (Å²) in [6.45, 7) is 2.38. The molecule has 112 valence electrons. The van der Waals surface area contributed by atoms with Crippen LogP contribution in [0.5, 0.6) is 0 Å². The Hall–Kier alpha value is -1.63. The second-order valence-corrected chi connectivity index (χ2v) is 5.28. The van der Waals surface area contributed by atoms with Gasteiger partial charge in [0.05, 0.1) is 6.54 Å². The summed E-state index contributed by atoms with van der Waals surface area (Å²) in [6.07, 6.45) is 4.06. The number of carbonyl (C=O) groups is 2. The van der Waals surface area contributed by atoms with Gasteiger partial charge in [0, 0.05) is 6.54 Å². The van der Waals surface area contributed by atoms with Crippen molar-refractivity contribution in [3.63, 3.8) is 0 Å². The first-order valence-electron chi connectivity index (χ1n) is 6.38. The third-order valence-corrected chi connectivity index (χ3v) is 3.38. The van der Waals surface area contributed by atoms with Gasteiger partial charge in [0.2, 0.25) is 0 Å². The van der Waals surface area contributed by atoms with E-state index < -0.39 is 5.97 Å². The summed E-state index contributed by atoms with van der Waals surface area (Å²) in [4.78, 5) is 22.3. The lowest BCUT2D eigenvalue weighted by molar-refractivity contribution is 0.0695. The zero-order chi connectivity index (χ0) is 15.0. The molecule has 0 bridgehead atoms. The monoisotopic (exact) mass is 300 g/mol. The summed E-state index contributed by atoms with van der Waals surface area (Å²) >= 11 is 1.79. The molecule has 1 heterocycles. The molecule has 0 aliphatic rings. The average Bonchev–Trinajstić information content (AvgIpc) is 2.77. The fourth-order valence-corrected chi connectivity index (χ4v) is 2.14. The number of aromatic carboxylic acids is 1. The Morgan fingerprint density at radius 3 is 2.70 bits per heavy atom. The van der Waals surface area contributed by atoms with Crippen LogP contribution in [0.25, 0.3) is 0 Å². The SMILES string of the molecule is CSCCCCNC(=O)NCc1cc(C(=O)O)c(C)o1. The molecule has 3 N–H and O–H groups in total. The van der Waals surface area contributed by atoms with Crippen LogP contribution in [-0.2, 0) is 6.54 Å². The van der Waals surface area contributed by atoms with E-state index in [9.17, 15) is 9.59 Å². The summed E-state index contributed by atoms with van der Waals surface area (Å²) in [6, 6.07) is 1.15. The number of amides is 2. The first-order valence-corrected chi connectivity index (χ1v) is 7.77. The maximum Gasteiger partial charge on any atom is 0.339 e. The Labute approximate surface area is 122 Å². The van der Waals surface area contributed by atoms with Crippen LogP contribution in [0.1, 0.15) is 34.7 Å². The van der Waals surface area contributed by atoms with E-state index in [-0.39, 0.29) is 18.1 Å². The van der Waals surface area contributed by atoms with Gasteiger partial charge in [0.15, 0.2) is 0 Å². The van der Waals surface area contributed by atoms with Crippen LogP contribution < -0.4 is 10.6 Å². The Kier molecular flexibility index (Phi) is 7.00. The molecule has 0 saturated carbocycles. The Morgan fingerprint density at radius 1 is 1.35 bits per heavy atom. The average molecular weight is 300 g/mol. The maximum atomic E-state index is 11.5. The first-order chi connectivity index (χ1) is 9.54. The number of carboxylic acids is 1. The van der Waals surface area contributed by atoms with Crippen molar-refractivity contribution < 1.29 is 19.1 Å². The number of urea groups is 1. The van der Waals surface area contributed by atoms with Gasteiger partial charge in [-0.15, -0.1) is 0 Å². The highest BCUT2D eigenvalue weighted by Crippen LogP contribution is 2.14.